The Kier molecular flexibility index (Phi) is 7.59. The predicted molar refractivity (Wildman–Crippen MR) is 137 cm³/mol. The van der Waals surface area contributed by atoms with Gasteiger partial charge in [0.2, 0.25) is 0 Å². The van der Waals surface area contributed by atoms with E-state index in [0.29, 0.717) is 43.7 Å². The van der Waals surface area contributed by atoms with E-state index in [2.05, 4.69) is 16.8 Å². The van der Waals surface area contributed by atoms with Crippen LogP contribution in [-0.2, 0) is 19.7 Å². The summed E-state index contributed by atoms with van der Waals surface area (Å²) in [5.74, 6) is -0.389. The fourth-order valence-corrected chi connectivity index (χ4v) is 6.03. The molecular formula is C29H34N2O5. The third-order valence-electron chi connectivity index (χ3n) is 7.44. The van der Waals surface area contributed by atoms with Crippen LogP contribution < -0.4 is 10.1 Å². The van der Waals surface area contributed by atoms with Gasteiger partial charge < -0.3 is 14.8 Å². The van der Waals surface area contributed by atoms with Crippen molar-refractivity contribution in [2.75, 3.05) is 19.6 Å². The predicted octanol–water partition coefficient (Wildman–Crippen LogP) is 4.03. The van der Waals surface area contributed by atoms with Crippen molar-refractivity contribution < 1.29 is 23.9 Å². The van der Waals surface area contributed by atoms with Gasteiger partial charge in [-0.3, -0.25) is 19.3 Å². The Morgan fingerprint density at radius 1 is 1.08 bits per heavy atom. The van der Waals surface area contributed by atoms with Gasteiger partial charge in [0.15, 0.2) is 0 Å². The molecule has 190 valence electrons. The average Bonchev–Trinajstić information content (AvgIpc) is 2.84. The molecule has 1 saturated heterocycles. The van der Waals surface area contributed by atoms with E-state index in [1.807, 2.05) is 42.5 Å². The number of rotatable bonds is 7. The van der Waals surface area contributed by atoms with E-state index >= 15 is 0 Å². The molecule has 1 heterocycles. The van der Waals surface area contributed by atoms with E-state index < -0.39 is 17.0 Å². The number of hydrogen-bond donors (Lipinski definition) is 1. The summed E-state index contributed by atoms with van der Waals surface area (Å²) in [6.45, 7) is 8.75. The molecule has 3 atom stereocenters. The first-order valence-corrected chi connectivity index (χ1v) is 12.4. The minimum absolute atomic E-state index is 0.107. The standard InChI is InChI=1S/C29H34N2O5/c1-4-16-31-17-15-28(24-11-8-12-26(18-24)35-21(2)32)19-25(13-14-29(28,20-31)36-22(3)33)30-27(34)23-9-6-5-7-10-23/h4-12,18,25H,1,13-17,19-20H2,2-3H3,(H,30,34)/t25-,28?,29?/m1/s1. The van der Waals surface area contributed by atoms with E-state index in [1.165, 1.54) is 13.8 Å². The second kappa shape index (κ2) is 10.7. The second-order valence-corrected chi connectivity index (χ2v) is 9.84. The fourth-order valence-electron chi connectivity index (χ4n) is 6.03. The van der Waals surface area contributed by atoms with Gasteiger partial charge in [-0.15, -0.1) is 6.58 Å². The van der Waals surface area contributed by atoms with Crippen LogP contribution in [0.25, 0.3) is 0 Å². The van der Waals surface area contributed by atoms with Gasteiger partial charge in [0.25, 0.3) is 5.91 Å². The number of carbonyl (C=O) groups is 3. The van der Waals surface area contributed by atoms with Gasteiger partial charge in [-0.2, -0.15) is 0 Å². The van der Waals surface area contributed by atoms with Crippen molar-refractivity contribution in [3.63, 3.8) is 0 Å². The van der Waals surface area contributed by atoms with Crippen LogP contribution in [0.1, 0.15) is 55.5 Å². The number of hydrogen-bond acceptors (Lipinski definition) is 6. The van der Waals surface area contributed by atoms with Gasteiger partial charge in [0.1, 0.15) is 11.4 Å². The minimum Gasteiger partial charge on any atom is -0.457 e. The molecule has 2 aromatic carbocycles. The zero-order valence-corrected chi connectivity index (χ0v) is 21.0. The van der Waals surface area contributed by atoms with Crippen LogP contribution in [0.3, 0.4) is 0 Å². The number of likely N-dealkylation sites (tertiary alicyclic amines) is 1. The van der Waals surface area contributed by atoms with E-state index in [9.17, 15) is 14.4 Å². The highest BCUT2D eigenvalue weighted by atomic mass is 16.6. The summed E-state index contributed by atoms with van der Waals surface area (Å²) in [6.07, 6.45) is 4.46. The first-order chi connectivity index (χ1) is 17.3. The fraction of sp³-hybridized carbons (Fsp3) is 0.414. The molecule has 1 aliphatic heterocycles. The highest BCUT2D eigenvalue weighted by molar-refractivity contribution is 5.94. The molecule has 0 bridgehead atoms. The first kappa shape index (κ1) is 25.6. The highest BCUT2D eigenvalue weighted by Gasteiger charge is 2.60. The summed E-state index contributed by atoms with van der Waals surface area (Å²) in [7, 11) is 0. The number of benzene rings is 2. The lowest BCUT2D eigenvalue weighted by Gasteiger charge is -2.59. The summed E-state index contributed by atoms with van der Waals surface area (Å²) >= 11 is 0. The summed E-state index contributed by atoms with van der Waals surface area (Å²) in [5.41, 5.74) is 0.197. The lowest BCUT2D eigenvalue weighted by molar-refractivity contribution is -0.186. The number of carbonyl (C=O) groups excluding carboxylic acids is 3. The Balaban J connectivity index is 1.74. The summed E-state index contributed by atoms with van der Waals surface area (Å²) in [6, 6.07) is 16.6. The zero-order valence-electron chi connectivity index (χ0n) is 21.0. The molecule has 1 saturated carbocycles. The molecule has 2 fully saturated rings. The zero-order chi connectivity index (χ0) is 25.8. The van der Waals surface area contributed by atoms with E-state index in [0.717, 1.165) is 18.5 Å². The summed E-state index contributed by atoms with van der Waals surface area (Å²) in [4.78, 5) is 39.4. The molecule has 0 spiro atoms. The molecule has 4 rings (SSSR count). The van der Waals surface area contributed by atoms with Crippen LogP contribution in [-0.4, -0.2) is 54.0 Å². The Hall–Kier alpha value is -3.45. The topological polar surface area (TPSA) is 84.9 Å². The molecule has 1 N–H and O–H groups in total. The number of fused-ring (bicyclic) bond motifs is 1. The maximum atomic E-state index is 13.0. The molecule has 7 heteroatoms. The molecule has 2 unspecified atom stereocenters. The Labute approximate surface area is 212 Å². The number of esters is 2. The lowest BCUT2D eigenvalue weighted by atomic mass is 9.55. The van der Waals surface area contributed by atoms with Gasteiger partial charge in [-0.1, -0.05) is 36.4 Å². The molecule has 2 aliphatic rings. The average molecular weight is 491 g/mol. The molecular weight excluding hydrogens is 456 g/mol. The van der Waals surface area contributed by atoms with Gasteiger partial charge in [0, 0.05) is 44.0 Å². The van der Waals surface area contributed by atoms with Crippen molar-refractivity contribution in [3.05, 3.63) is 78.4 Å². The first-order valence-electron chi connectivity index (χ1n) is 12.4. The van der Waals surface area contributed by atoms with Crippen LogP contribution in [0.5, 0.6) is 5.75 Å². The third-order valence-corrected chi connectivity index (χ3v) is 7.44. The molecule has 7 nitrogen and oxygen atoms in total. The maximum Gasteiger partial charge on any atom is 0.308 e. The van der Waals surface area contributed by atoms with Crippen molar-refractivity contribution in [1.29, 1.82) is 0 Å². The smallest absolute Gasteiger partial charge is 0.308 e. The van der Waals surface area contributed by atoms with Gasteiger partial charge >= 0.3 is 11.9 Å². The molecule has 2 aromatic rings. The summed E-state index contributed by atoms with van der Waals surface area (Å²) < 4.78 is 11.6. The van der Waals surface area contributed by atoms with Crippen molar-refractivity contribution in [2.24, 2.45) is 0 Å². The Morgan fingerprint density at radius 2 is 1.86 bits per heavy atom. The SMILES string of the molecule is C=CCN1CCC2(c3cccc(OC(C)=O)c3)C[C@H](NC(=O)c3ccccc3)CCC2(OC(C)=O)C1. The quantitative estimate of drug-likeness (QED) is 0.358. The minimum atomic E-state index is -0.789. The highest BCUT2D eigenvalue weighted by Crippen LogP contribution is 2.54. The number of piperidine rings is 1. The van der Waals surface area contributed by atoms with Crippen LogP contribution in [0.2, 0.25) is 0 Å². The number of ether oxygens (including phenoxy) is 2. The molecule has 1 amide bonds. The van der Waals surface area contributed by atoms with Crippen LogP contribution in [0.4, 0.5) is 0 Å². The van der Waals surface area contributed by atoms with Gasteiger partial charge in [-0.05, 0) is 62.1 Å². The Bertz CT molecular complexity index is 1130. The van der Waals surface area contributed by atoms with E-state index in [1.54, 1.807) is 18.2 Å². The second-order valence-electron chi connectivity index (χ2n) is 9.84. The summed E-state index contributed by atoms with van der Waals surface area (Å²) in [5, 5.41) is 3.22. The molecule has 1 aliphatic carbocycles. The van der Waals surface area contributed by atoms with Crippen LogP contribution in [0.15, 0.2) is 67.3 Å². The van der Waals surface area contributed by atoms with E-state index in [-0.39, 0.29) is 17.9 Å². The molecule has 36 heavy (non-hydrogen) atoms. The van der Waals surface area contributed by atoms with Gasteiger partial charge in [0.05, 0.1) is 0 Å². The maximum absolute atomic E-state index is 13.0. The van der Waals surface area contributed by atoms with Crippen LogP contribution in [0, 0.1) is 0 Å². The number of amides is 1. The van der Waals surface area contributed by atoms with Crippen molar-refractivity contribution in [1.82, 2.24) is 10.2 Å². The molecule has 0 aromatic heterocycles. The Morgan fingerprint density at radius 3 is 2.56 bits per heavy atom. The van der Waals surface area contributed by atoms with Crippen molar-refractivity contribution in [3.8, 4) is 5.75 Å². The van der Waals surface area contributed by atoms with Gasteiger partial charge in [-0.25, -0.2) is 0 Å². The number of nitrogens with zero attached hydrogens (tertiary/aromatic N) is 1. The normalized spacial score (nSPS) is 25.8. The largest absolute Gasteiger partial charge is 0.457 e. The van der Waals surface area contributed by atoms with E-state index in [4.69, 9.17) is 9.47 Å². The van der Waals surface area contributed by atoms with Crippen molar-refractivity contribution in [2.45, 2.75) is 56.6 Å². The monoisotopic (exact) mass is 490 g/mol. The van der Waals surface area contributed by atoms with Crippen molar-refractivity contribution >= 4 is 17.8 Å². The number of nitrogens with one attached hydrogen (secondary N) is 1. The van der Waals surface area contributed by atoms with Crippen LogP contribution >= 0.6 is 0 Å². The molecule has 0 radical (unpaired) electrons. The lowest BCUT2D eigenvalue weighted by Crippen LogP contribution is -2.68. The third kappa shape index (κ3) is 5.21.